The van der Waals surface area contributed by atoms with Crippen LogP contribution in [0.1, 0.15) is 55.9 Å². The van der Waals surface area contributed by atoms with Gasteiger partial charge < -0.3 is 19.9 Å². The number of ether oxygens (including phenoxy) is 1. The van der Waals surface area contributed by atoms with Gasteiger partial charge in [-0.1, -0.05) is 18.6 Å². The maximum absolute atomic E-state index is 12.5. The number of rotatable bonds is 7. The molecule has 2 N–H and O–H groups in total. The van der Waals surface area contributed by atoms with Gasteiger partial charge >= 0.3 is 0 Å². The first-order valence-electron chi connectivity index (χ1n) is 9.65. The van der Waals surface area contributed by atoms with Gasteiger partial charge in [0.2, 0.25) is 11.8 Å². The summed E-state index contributed by atoms with van der Waals surface area (Å²) in [4.78, 5) is 24.1. The number of aryl methyl sites for hydroxylation is 1. The summed E-state index contributed by atoms with van der Waals surface area (Å²) in [5.74, 6) is 2.17. The molecule has 1 unspecified atom stereocenters. The van der Waals surface area contributed by atoms with Crippen molar-refractivity contribution >= 4 is 11.8 Å². The molecule has 0 bridgehead atoms. The predicted octanol–water partition coefficient (Wildman–Crippen LogP) is 1.90. The lowest BCUT2D eigenvalue weighted by molar-refractivity contribution is -0.123. The van der Waals surface area contributed by atoms with Gasteiger partial charge in [0.05, 0.1) is 26.1 Å². The van der Waals surface area contributed by atoms with Crippen molar-refractivity contribution in [1.82, 2.24) is 25.4 Å². The number of methoxy groups -OCH3 is 1. The zero-order valence-electron chi connectivity index (χ0n) is 16.4. The molecule has 0 radical (unpaired) electrons. The number of benzene rings is 1. The molecule has 2 aromatic rings. The number of hydrogen-bond acceptors (Lipinski definition) is 5. The molecule has 1 atom stereocenters. The first kappa shape index (κ1) is 19.9. The summed E-state index contributed by atoms with van der Waals surface area (Å²) in [5, 5.41) is 14.2. The third kappa shape index (κ3) is 5.09. The molecule has 0 spiro atoms. The average molecular weight is 385 g/mol. The monoisotopic (exact) mass is 385 g/mol. The third-order valence-corrected chi connectivity index (χ3v) is 4.91. The van der Waals surface area contributed by atoms with E-state index in [1.54, 1.807) is 7.11 Å². The van der Waals surface area contributed by atoms with Gasteiger partial charge in [0.15, 0.2) is 5.82 Å². The molecule has 1 aliphatic heterocycles. The van der Waals surface area contributed by atoms with Crippen molar-refractivity contribution in [2.24, 2.45) is 0 Å². The maximum Gasteiger partial charge on any atom is 0.222 e. The van der Waals surface area contributed by atoms with Crippen molar-refractivity contribution < 1.29 is 14.3 Å². The van der Waals surface area contributed by atoms with Gasteiger partial charge in [-0.2, -0.15) is 0 Å². The summed E-state index contributed by atoms with van der Waals surface area (Å²) < 4.78 is 7.28. The normalized spacial score (nSPS) is 14.5. The van der Waals surface area contributed by atoms with E-state index < -0.39 is 6.04 Å². The van der Waals surface area contributed by atoms with Gasteiger partial charge in [-0.15, -0.1) is 10.2 Å². The third-order valence-electron chi connectivity index (χ3n) is 4.91. The van der Waals surface area contributed by atoms with Crippen molar-refractivity contribution in [3.63, 3.8) is 0 Å². The SMILES string of the molecule is COc1ccc(C(CC(=O)NCc2nnc3n2CCCCC3)NC(C)=O)cc1. The minimum absolute atomic E-state index is 0.146. The Morgan fingerprint density at radius 3 is 2.68 bits per heavy atom. The number of fused-ring (bicyclic) bond motifs is 1. The Bertz CT molecular complexity index is 816. The molecule has 0 saturated carbocycles. The summed E-state index contributed by atoms with van der Waals surface area (Å²) in [5.41, 5.74) is 0.850. The van der Waals surface area contributed by atoms with Crippen LogP contribution in [0.3, 0.4) is 0 Å². The van der Waals surface area contributed by atoms with E-state index in [0.29, 0.717) is 6.54 Å². The van der Waals surface area contributed by atoms with Crippen LogP contribution >= 0.6 is 0 Å². The standard InChI is InChI=1S/C20H27N5O3/c1-14(26)22-17(15-7-9-16(28-2)10-8-15)12-20(27)21-13-19-24-23-18-6-4-3-5-11-25(18)19/h7-10,17H,3-6,11-13H2,1-2H3,(H,21,27)(H,22,26). The van der Waals surface area contributed by atoms with Crippen molar-refractivity contribution in [3.8, 4) is 5.75 Å². The Morgan fingerprint density at radius 1 is 1.18 bits per heavy atom. The minimum atomic E-state index is -0.404. The molecule has 8 nitrogen and oxygen atoms in total. The fraction of sp³-hybridized carbons (Fsp3) is 0.500. The molecule has 1 aliphatic rings. The molecule has 2 amide bonds. The Hall–Kier alpha value is -2.90. The lowest BCUT2D eigenvalue weighted by atomic mass is 10.0. The van der Waals surface area contributed by atoms with Crippen LogP contribution in [0.2, 0.25) is 0 Å². The second-order valence-electron chi connectivity index (χ2n) is 7.00. The van der Waals surface area contributed by atoms with E-state index >= 15 is 0 Å². The van der Waals surface area contributed by atoms with E-state index in [1.807, 2.05) is 24.3 Å². The zero-order valence-corrected chi connectivity index (χ0v) is 16.4. The summed E-state index contributed by atoms with van der Waals surface area (Å²) >= 11 is 0. The molecule has 150 valence electrons. The highest BCUT2D eigenvalue weighted by molar-refractivity contribution is 5.79. The molecule has 0 saturated heterocycles. The van der Waals surface area contributed by atoms with Crippen LogP contribution < -0.4 is 15.4 Å². The van der Waals surface area contributed by atoms with Crippen molar-refractivity contribution in [2.75, 3.05) is 7.11 Å². The second kappa shape index (κ2) is 9.34. The second-order valence-corrected chi connectivity index (χ2v) is 7.00. The van der Waals surface area contributed by atoms with E-state index in [9.17, 15) is 9.59 Å². The number of carbonyl (C=O) groups is 2. The topological polar surface area (TPSA) is 98.1 Å². The average Bonchev–Trinajstić information content (AvgIpc) is 2.91. The van der Waals surface area contributed by atoms with Crippen molar-refractivity contribution in [2.45, 2.75) is 58.2 Å². The molecular formula is C20H27N5O3. The highest BCUT2D eigenvalue weighted by atomic mass is 16.5. The van der Waals surface area contributed by atoms with Crippen molar-refractivity contribution in [1.29, 1.82) is 0 Å². The van der Waals surface area contributed by atoms with E-state index in [4.69, 9.17) is 4.74 Å². The highest BCUT2D eigenvalue weighted by Crippen LogP contribution is 2.20. The fourth-order valence-corrected chi connectivity index (χ4v) is 3.45. The van der Waals surface area contributed by atoms with Crippen molar-refractivity contribution in [3.05, 3.63) is 41.5 Å². The Kier molecular flexibility index (Phi) is 6.62. The van der Waals surface area contributed by atoms with Gasteiger partial charge in [-0.05, 0) is 30.5 Å². The van der Waals surface area contributed by atoms with Crippen LogP contribution in [0.5, 0.6) is 5.75 Å². The molecule has 3 rings (SSSR count). The Balaban J connectivity index is 1.62. The van der Waals surface area contributed by atoms with Gasteiger partial charge in [0.25, 0.3) is 0 Å². The zero-order chi connectivity index (χ0) is 19.9. The smallest absolute Gasteiger partial charge is 0.222 e. The first-order chi connectivity index (χ1) is 13.6. The molecule has 1 aromatic carbocycles. The van der Waals surface area contributed by atoms with E-state index in [1.165, 1.54) is 13.3 Å². The minimum Gasteiger partial charge on any atom is -0.497 e. The molecule has 1 aromatic heterocycles. The molecule has 0 fully saturated rings. The lowest BCUT2D eigenvalue weighted by Crippen LogP contribution is -2.33. The first-order valence-corrected chi connectivity index (χ1v) is 9.65. The summed E-state index contributed by atoms with van der Waals surface area (Å²) in [6.45, 7) is 2.68. The fourth-order valence-electron chi connectivity index (χ4n) is 3.45. The molecule has 0 aliphatic carbocycles. The number of aromatic nitrogens is 3. The van der Waals surface area contributed by atoms with Crippen LogP contribution in [0.25, 0.3) is 0 Å². The number of nitrogens with one attached hydrogen (secondary N) is 2. The molecule has 28 heavy (non-hydrogen) atoms. The quantitative estimate of drug-likeness (QED) is 0.759. The summed E-state index contributed by atoms with van der Waals surface area (Å²) in [6, 6.07) is 6.93. The number of amides is 2. The maximum atomic E-state index is 12.5. The molecule has 2 heterocycles. The van der Waals surface area contributed by atoms with Crippen LogP contribution in [-0.2, 0) is 29.1 Å². The predicted molar refractivity (Wildman–Crippen MR) is 104 cm³/mol. The van der Waals surface area contributed by atoms with Crippen LogP contribution in [0.4, 0.5) is 0 Å². The molecule has 8 heteroatoms. The Morgan fingerprint density at radius 2 is 1.96 bits per heavy atom. The van der Waals surface area contributed by atoms with E-state index in [0.717, 1.165) is 48.8 Å². The van der Waals surface area contributed by atoms with E-state index in [-0.39, 0.29) is 18.2 Å². The van der Waals surface area contributed by atoms with Gasteiger partial charge in [0.1, 0.15) is 11.6 Å². The molecular weight excluding hydrogens is 358 g/mol. The number of nitrogens with zero attached hydrogens (tertiary/aromatic N) is 3. The largest absolute Gasteiger partial charge is 0.497 e. The number of hydrogen-bond donors (Lipinski definition) is 2. The van der Waals surface area contributed by atoms with Crippen LogP contribution in [-0.4, -0.2) is 33.7 Å². The summed E-state index contributed by atoms with van der Waals surface area (Å²) in [7, 11) is 1.60. The van der Waals surface area contributed by atoms with Crippen LogP contribution in [0.15, 0.2) is 24.3 Å². The Labute approximate surface area is 164 Å². The lowest BCUT2D eigenvalue weighted by Gasteiger charge is -2.18. The van der Waals surface area contributed by atoms with Gasteiger partial charge in [-0.25, -0.2) is 0 Å². The van der Waals surface area contributed by atoms with Gasteiger partial charge in [0, 0.05) is 19.9 Å². The van der Waals surface area contributed by atoms with Crippen LogP contribution in [0, 0.1) is 0 Å². The number of carbonyl (C=O) groups excluding carboxylic acids is 2. The van der Waals surface area contributed by atoms with E-state index in [2.05, 4.69) is 25.4 Å². The van der Waals surface area contributed by atoms with Gasteiger partial charge in [-0.3, -0.25) is 9.59 Å². The highest BCUT2D eigenvalue weighted by Gasteiger charge is 2.19. The summed E-state index contributed by atoms with van der Waals surface area (Å²) in [6.07, 6.45) is 4.50.